The van der Waals surface area contributed by atoms with Gasteiger partial charge in [-0.2, -0.15) is 0 Å². The third kappa shape index (κ3) is 3.36. The quantitative estimate of drug-likeness (QED) is 0.441. The summed E-state index contributed by atoms with van der Waals surface area (Å²) in [6.45, 7) is 5.27. The summed E-state index contributed by atoms with van der Waals surface area (Å²) >= 11 is 0. The topological polar surface area (TPSA) is 18.0 Å². The second-order valence-corrected chi connectivity index (χ2v) is 2.27. The van der Waals surface area contributed by atoms with Gasteiger partial charge in [0, 0.05) is 7.11 Å². The van der Waals surface area contributed by atoms with Gasteiger partial charge in [0.25, 0.3) is 0 Å². The van der Waals surface area contributed by atoms with Gasteiger partial charge in [0.1, 0.15) is 18.9 Å². The lowest BCUT2D eigenvalue weighted by Crippen LogP contribution is -3.00. The van der Waals surface area contributed by atoms with Crippen LogP contribution in [0.5, 0.6) is 0 Å². The molecular formula is C8H13IN2O. The second kappa shape index (κ2) is 6.19. The molecule has 4 heteroatoms. The Kier molecular flexibility index (Phi) is 6.00. The molecule has 0 unspecified atom stereocenters. The van der Waals surface area contributed by atoms with Crippen LogP contribution in [0.25, 0.3) is 6.20 Å². The van der Waals surface area contributed by atoms with Crippen molar-refractivity contribution in [2.75, 3.05) is 13.7 Å². The molecule has 0 amide bonds. The molecule has 0 spiro atoms. The molecule has 0 aliphatic carbocycles. The largest absolute Gasteiger partial charge is 1.00 e. The highest BCUT2D eigenvalue weighted by Gasteiger charge is 1.98. The first-order chi connectivity index (χ1) is 5.36. The number of ether oxygens (including phenoxy) is 1. The molecule has 0 radical (unpaired) electrons. The summed E-state index contributed by atoms with van der Waals surface area (Å²) in [5.41, 5.74) is 0. The summed E-state index contributed by atoms with van der Waals surface area (Å²) in [5, 5.41) is 0. The summed E-state index contributed by atoms with van der Waals surface area (Å²) in [4.78, 5) is 0. The molecular weight excluding hydrogens is 267 g/mol. The molecule has 0 N–H and O–H groups in total. The number of hydrogen-bond acceptors (Lipinski definition) is 1. The average molecular weight is 280 g/mol. The van der Waals surface area contributed by atoms with Crippen molar-refractivity contribution in [3.63, 3.8) is 0 Å². The lowest BCUT2D eigenvalue weighted by atomic mass is 10.7. The van der Waals surface area contributed by atoms with Crippen LogP contribution >= 0.6 is 0 Å². The molecule has 0 bridgehead atoms. The molecule has 0 aliphatic heterocycles. The Hall–Kier alpha value is -0.360. The van der Waals surface area contributed by atoms with E-state index in [4.69, 9.17) is 4.74 Å². The number of imidazole rings is 1. The number of hydrogen-bond donors (Lipinski definition) is 0. The van der Waals surface area contributed by atoms with E-state index in [9.17, 15) is 0 Å². The lowest BCUT2D eigenvalue weighted by molar-refractivity contribution is -0.697. The molecule has 12 heavy (non-hydrogen) atoms. The Balaban J connectivity index is 0.00000121. The van der Waals surface area contributed by atoms with E-state index in [1.807, 2.05) is 27.9 Å². The Bertz CT molecular complexity index is 235. The fourth-order valence-electron chi connectivity index (χ4n) is 0.848. The van der Waals surface area contributed by atoms with E-state index in [1.165, 1.54) is 0 Å². The minimum absolute atomic E-state index is 0. The van der Waals surface area contributed by atoms with E-state index in [2.05, 4.69) is 6.58 Å². The van der Waals surface area contributed by atoms with Gasteiger partial charge >= 0.3 is 0 Å². The summed E-state index contributed by atoms with van der Waals surface area (Å²) < 4.78 is 8.88. The maximum absolute atomic E-state index is 4.93. The van der Waals surface area contributed by atoms with Gasteiger partial charge in [0.2, 0.25) is 6.33 Å². The Morgan fingerprint density at radius 1 is 1.67 bits per heavy atom. The van der Waals surface area contributed by atoms with Crippen molar-refractivity contribution in [3.05, 3.63) is 25.3 Å². The van der Waals surface area contributed by atoms with Gasteiger partial charge in [-0.1, -0.05) is 6.58 Å². The predicted octanol–water partition coefficient (Wildman–Crippen LogP) is -2.47. The van der Waals surface area contributed by atoms with Crippen LogP contribution in [0.3, 0.4) is 0 Å². The van der Waals surface area contributed by atoms with Gasteiger partial charge in [-0.3, -0.25) is 0 Å². The van der Waals surface area contributed by atoms with E-state index in [-0.39, 0.29) is 24.0 Å². The first-order valence-electron chi connectivity index (χ1n) is 3.55. The molecule has 0 aromatic carbocycles. The average Bonchev–Trinajstić information content (AvgIpc) is 2.48. The third-order valence-corrected chi connectivity index (χ3v) is 1.48. The highest BCUT2D eigenvalue weighted by molar-refractivity contribution is 5.12. The molecule has 0 saturated heterocycles. The highest BCUT2D eigenvalue weighted by atomic mass is 127. The summed E-state index contributed by atoms with van der Waals surface area (Å²) in [6.07, 6.45) is 7.65. The van der Waals surface area contributed by atoms with Crippen molar-refractivity contribution < 1.29 is 33.3 Å². The summed E-state index contributed by atoms with van der Waals surface area (Å²) in [7, 11) is 1.70. The van der Waals surface area contributed by atoms with Crippen molar-refractivity contribution >= 4 is 6.20 Å². The fraction of sp³-hybridized carbons (Fsp3) is 0.375. The molecule has 68 valence electrons. The minimum atomic E-state index is 0. The van der Waals surface area contributed by atoms with Gasteiger partial charge in [0.05, 0.1) is 12.8 Å². The van der Waals surface area contributed by atoms with Crippen LogP contribution in [-0.2, 0) is 11.3 Å². The van der Waals surface area contributed by atoms with Gasteiger partial charge in [0.15, 0.2) is 0 Å². The Morgan fingerprint density at radius 3 is 2.92 bits per heavy atom. The molecule has 0 atom stereocenters. The number of nitrogens with zero attached hydrogens (tertiary/aromatic N) is 2. The molecule has 0 saturated carbocycles. The number of methoxy groups -OCH3 is 1. The molecule has 1 aromatic rings. The molecule has 1 rings (SSSR count). The van der Waals surface area contributed by atoms with E-state index < -0.39 is 0 Å². The number of halogens is 1. The third-order valence-electron chi connectivity index (χ3n) is 1.48. The van der Waals surface area contributed by atoms with Crippen LogP contribution < -0.4 is 28.5 Å². The highest BCUT2D eigenvalue weighted by Crippen LogP contribution is 1.82. The van der Waals surface area contributed by atoms with Crippen LogP contribution in [0.1, 0.15) is 0 Å². The van der Waals surface area contributed by atoms with Crippen LogP contribution in [-0.4, -0.2) is 18.3 Å². The molecule has 1 aromatic heterocycles. The van der Waals surface area contributed by atoms with E-state index in [1.54, 1.807) is 13.3 Å². The SMILES string of the molecule is C=Cn1cc[n+](CCOC)c1.[I-]. The standard InChI is InChI=1S/C8H13N2O.HI/c1-3-9-4-5-10(8-9)6-7-11-2;/h3-5,8H,1,6-7H2,2H3;1H/q+1;/p-1. The maximum atomic E-state index is 4.93. The number of aromatic nitrogens is 2. The van der Waals surface area contributed by atoms with Crippen LogP contribution in [0.4, 0.5) is 0 Å². The van der Waals surface area contributed by atoms with Gasteiger partial charge < -0.3 is 28.7 Å². The zero-order valence-corrected chi connectivity index (χ0v) is 9.27. The molecule has 1 heterocycles. The van der Waals surface area contributed by atoms with E-state index >= 15 is 0 Å². The van der Waals surface area contributed by atoms with Crippen molar-refractivity contribution in [1.29, 1.82) is 0 Å². The molecule has 0 fully saturated rings. The smallest absolute Gasteiger partial charge is 0.248 e. The summed E-state index contributed by atoms with van der Waals surface area (Å²) in [6, 6.07) is 0. The van der Waals surface area contributed by atoms with E-state index in [0.29, 0.717) is 0 Å². The van der Waals surface area contributed by atoms with Crippen LogP contribution in [0.15, 0.2) is 25.3 Å². The van der Waals surface area contributed by atoms with Crippen molar-refractivity contribution in [1.82, 2.24) is 4.57 Å². The van der Waals surface area contributed by atoms with Crippen LogP contribution in [0.2, 0.25) is 0 Å². The first-order valence-corrected chi connectivity index (χ1v) is 3.55. The first kappa shape index (κ1) is 11.6. The lowest BCUT2D eigenvalue weighted by Gasteiger charge is -1.92. The zero-order chi connectivity index (χ0) is 8.10. The van der Waals surface area contributed by atoms with Gasteiger partial charge in [-0.25, -0.2) is 9.13 Å². The zero-order valence-electron chi connectivity index (χ0n) is 7.11. The van der Waals surface area contributed by atoms with Crippen molar-refractivity contribution in [2.45, 2.75) is 6.54 Å². The fourth-order valence-corrected chi connectivity index (χ4v) is 0.848. The Morgan fingerprint density at radius 2 is 2.42 bits per heavy atom. The van der Waals surface area contributed by atoms with Gasteiger partial charge in [-0.05, 0) is 0 Å². The van der Waals surface area contributed by atoms with Gasteiger partial charge in [-0.15, -0.1) is 0 Å². The number of rotatable bonds is 4. The molecule has 0 aliphatic rings. The second-order valence-electron chi connectivity index (χ2n) is 2.27. The normalized spacial score (nSPS) is 9.08. The van der Waals surface area contributed by atoms with Crippen LogP contribution in [0, 0.1) is 0 Å². The van der Waals surface area contributed by atoms with Crippen molar-refractivity contribution in [2.24, 2.45) is 0 Å². The van der Waals surface area contributed by atoms with Crippen molar-refractivity contribution in [3.8, 4) is 0 Å². The predicted molar refractivity (Wildman–Crippen MR) is 42.9 cm³/mol. The summed E-state index contributed by atoms with van der Waals surface area (Å²) in [5.74, 6) is 0. The Labute approximate surface area is 89.7 Å². The minimum Gasteiger partial charge on any atom is -1.00 e. The van der Waals surface area contributed by atoms with E-state index in [0.717, 1.165) is 13.2 Å². The maximum Gasteiger partial charge on any atom is 0.248 e. The monoisotopic (exact) mass is 280 g/mol. The molecule has 3 nitrogen and oxygen atoms in total.